The van der Waals surface area contributed by atoms with E-state index in [9.17, 15) is 32.7 Å². The van der Waals surface area contributed by atoms with Gasteiger partial charge in [-0.25, -0.2) is 24.0 Å². The van der Waals surface area contributed by atoms with Crippen LogP contribution in [0.3, 0.4) is 0 Å². The number of anilines is 1. The lowest BCUT2D eigenvalue weighted by molar-refractivity contribution is -0.138. The molecule has 1 aromatic carbocycles. The Morgan fingerprint density at radius 3 is 2.36 bits per heavy atom. The maximum absolute atomic E-state index is 14.2. The van der Waals surface area contributed by atoms with Gasteiger partial charge in [-0.3, -0.25) is 9.59 Å². The number of fused-ring (bicyclic) bond motifs is 1. The number of aryl methyl sites for hydroxylation is 2. The maximum Gasteiger partial charge on any atom is 0.417 e. The Morgan fingerprint density at radius 2 is 1.77 bits per heavy atom. The van der Waals surface area contributed by atoms with Gasteiger partial charge in [0.1, 0.15) is 5.82 Å². The fraction of sp³-hybridized carbons (Fsp3) is 0.355. The molecule has 1 saturated heterocycles. The van der Waals surface area contributed by atoms with Crippen molar-refractivity contribution in [3.63, 3.8) is 0 Å². The highest BCUT2D eigenvalue weighted by Gasteiger charge is 2.36. The van der Waals surface area contributed by atoms with Crippen molar-refractivity contribution in [2.24, 2.45) is 0 Å². The van der Waals surface area contributed by atoms with Crippen LogP contribution in [0.5, 0.6) is 0 Å². The van der Waals surface area contributed by atoms with Gasteiger partial charge in [-0.2, -0.15) is 18.3 Å². The first-order valence-corrected chi connectivity index (χ1v) is 15.6. The Bertz CT molecular complexity index is 1930. The van der Waals surface area contributed by atoms with Crippen molar-refractivity contribution in [3.05, 3.63) is 91.2 Å². The summed E-state index contributed by atoms with van der Waals surface area (Å²) in [5.74, 6) is 0.201. The molecule has 47 heavy (non-hydrogen) atoms. The summed E-state index contributed by atoms with van der Waals surface area (Å²) >= 11 is 2.92. The number of hydrogen-bond acceptors (Lipinski definition) is 7. The third kappa shape index (κ3) is 6.08. The van der Waals surface area contributed by atoms with Gasteiger partial charge in [-0.1, -0.05) is 15.9 Å². The number of piperazine rings is 1. The Hall–Kier alpha value is -4.73. The van der Waals surface area contributed by atoms with Crippen molar-refractivity contribution in [1.29, 1.82) is 0 Å². The predicted octanol–water partition coefficient (Wildman–Crippen LogP) is 4.60. The maximum atomic E-state index is 14.2. The standard InChI is InChI=1S/C31H30BrF3N8O4/c1-17-12-19(3)43(38-17)29-37-25-16-41(27(44)20-4-6-24(32)23(14-20)31(33,34)35)18(2)13-22(25)28(45)42(29)21-5-7-26(36-15-21)39-8-10-40(11-9-39)30(46)47/h4-7,12,14-15,18H,8-11,13,16H2,1-3H3,(H,46,47)/t18-/m1/s1. The summed E-state index contributed by atoms with van der Waals surface area (Å²) in [7, 11) is 0. The molecular weight excluding hydrogens is 685 g/mol. The zero-order valence-electron chi connectivity index (χ0n) is 25.6. The number of alkyl halides is 3. The second-order valence-corrected chi connectivity index (χ2v) is 12.5. The number of hydrogen-bond donors (Lipinski definition) is 1. The van der Waals surface area contributed by atoms with Crippen molar-refractivity contribution in [2.45, 2.75) is 46.0 Å². The van der Waals surface area contributed by atoms with Gasteiger partial charge in [0.05, 0.1) is 35.4 Å². The third-order valence-electron chi connectivity index (χ3n) is 8.44. The molecule has 4 aromatic rings. The van der Waals surface area contributed by atoms with Gasteiger partial charge in [-0.15, -0.1) is 0 Å². The lowest BCUT2D eigenvalue weighted by Gasteiger charge is -2.35. The van der Waals surface area contributed by atoms with E-state index >= 15 is 0 Å². The van der Waals surface area contributed by atoms with Crippen LogP contribution in [0.25, 0.3) is 11.6 Å². The topological polar surface area (TPSA) is 130 Å². The van der Waals surface area contributed by atoms with Crippen LogP contribution >= 0.6 is 15.9 Å². The lowest BCUT2D eigenvalue weighted by Crippen LogP contribution is -2.48. The Morgan fingerprint density at radius 1 is 1.04 bits per heavy atom. The summed E-state index contributed by atoms with van der Waals surface area (Å²) in [5.41, 5.74) is 1.08. The summed E-state index contributed by atoms with van der Waals surface area (Å²) in [6.07, 6.45) is -3.93. The smallest absolute Gasteiger partial charge is 0.417 e. The van der Waals surface area contributed by atoms with Crippen molar-refractivity contribution in [1.82, 2.24) is 34.1 Å². The minimum Gasteiger partial charge on any atom is -0.465 e. The molecule has 2 amide bonds. The zero-order valence-corrected chi connectivity index (χ0v) is 27.2. The second kappa shape index (κ2) is 12.1. The molecule has 16 heteroatoms. The molecule has 3 aromatic heterocycles. The molecule has 1 atom stereocenters. The van der Waals surface area contributed by atoms with Crippen LogP contribution in [-0.4, -0.2) is 83.4 Å². The molecule has 2 aliphatic rings. The average molecular weight is 716 g/mol. The molecule has 0 radical (unpaired) electrons. The largest absolute Gasteiger partial charge is 0.465 e. The monoisotopic (exact) mass is 714 g/mol. The molecule has 6 rings (SSSR count). The molecule has 0 spiro atoms. The Kier molecular flexibility index (Phi) is 8.32. The fourth-order valence-electron chi connectivity index (χ4n) is 5.99. The number of carboxylic acid groups (broad SMARTS) is 1. The molecule has 0 saturated carbocycles. The summed E-state index contributed by atoms with van der Waals surface area (Å²) in [6.45, 7) is 6.91. The minimum absolute atomic E-state index is 0.0887. The predicted molar refractivity (Wildman–Crippen MR) is 168 cm³/mol. The molecule has 0 unspecified atom stereocenters. The van der Waals surface area contributed by atoms with E-state index in [1.54, 1.807) is 32.2 Å². The van der Waals surface area contributed by atoms with Crippen LogP contribution in [0.4, 0.5) is 23.8 Å². The van der Waals surface area contributed by atoms with E-state index < -0.39 is 29.8 Å². The van der Waals surface area contributed by atoms with Crippen molar-refractivity contribution < 1.29 is 27.9 Å². The third-order valence-corrected chi connectivity index (χ3v) is 9.13. The van der Waals surface area contributed by atoms with Crippen LogP contribution in [0.15, 0.2) is 51.9 Å². The van der Waals surface area contributed by atoms with Gasteiger partial charge >= 0.3 is 12.3 Å². The van der Waals surface area contributed by atoms with E-state index in [2.05, 4.69) is 26.0 Å². The Labute approximate surface area is 275 Å². The number of nitrogens with zero attached hydrogens (tertiary/aromatic N) is 8. The summed E-state index contributed by atoms with van der Waals surface area (Å²) in [5, 5.41) is 13.8. The molecule has 1 N–H and O–H groups in total. The van der Waals surface area contributed by atoms with Crippen LogP contribution < -0.4 is 10.5 Å². The lowest BCUT2D eigenvalue weighted by atomic mass is 9.98. The molecule has 0 bridgehead atoms. The van der Waals surface area contributed by atoms with Gasteiger partial charge < -0.3 is 19.8 Å². The van der Waals surface area contributed by atoms with Gasteiger partial charge in [0.25, 0.3) is 11.5 Å². The van der Waals surface area contributed by atoms with Crippen LogP contribution in [0, 0.1) is 13.8 Å². The van der Waals surface area contributed by atoms with Gasteiger partial charge in [0.15, 0.2) is 0 Å². The normalized spacial score (nSPS) is 16.7. The summed E-state index contributed by atoms with van der Waals surface area (Å²) in [4.78, 5) is 53.3. The van der Waals surface area contributed by atoms with E-state index in [-0.39, 0.29) is 34.5 Å². The fourth-order valence-corrected chi connectivity index (χ4v) is 6.46. The average Bonchev–Trinajstić information content (AvgIpc) is 3.37. The van der Waals surface area contributed by atoms with E-state index in [0.29, 0.717) is 60.3 Å². The molecule has 5 heterocycles. The number of amides is 2. The number of aromatic nitrogens is 5. The number of halogens is 4. The number of carbonyl (C=O) groups is 2. The van der Waals surface area contributed by atoms with Crippen LogP contribution in [-0.2, 0) is 19.1 Å². The van der Waals surface area contributed by atoms with Crippen LogP contribution in [0.1, 0.15) is 45.5 Å². The number of benzene rings is 1. The van der Waals surface area contributed by atoms with Crippen molar-refractivity contribution in [3.8, 4) is 11.6 Å². The molecule has 12 nitrogen and oxygen atoms in total. The highest BCUT2D eigenvalue weighted by molar-refractivity contribution is 9.10. The molecule has 2 aliphatic heterocycles. The van der Waals surface area contributed by atoms with Crippen molar-refractivity contribution >= 4 is 33.7 Å². The summed E-state index contributed by atoms with van der Waals surface area (Å²) < 4.78 is 43.6. The highest BCUT2D eigenvalue weighted by atomic mass is 79.9. The Balaban J connectivity index is 1.38. The number of rotatable bonds is 4. The van der Waals surface area contributed by atoms with Crippen LogP contribution in [0.2, 0.25) is 0 Å². The van der Waals surface area contributed by atoms with Gasteiger partial charge in [0, 0.05) is 53.5 Å². The zero-order chi connectivity index (χ0) is 33.8. The number of pyridine rings is 1. The number of carbonyl (C=O) groups excluding carboxylic acids is 1. The second-order valence-electron chi connectivity index (χ2n) is 11.6. The first kappa shape index (κ1) is 32.2. The van der Waals surface area contributed by atoms with Crippen molar-refractivity contribution in [2.75, 3.05) is 31.1 Å². The minimum atomic E-state index is -4.65. The first-order chi connectivity index (χ1) is 22.2. The molecule has 246 valence electrons. The summed E-state index contributed by atoms with van der Waals surface area (Å²) in [6, 6.07) is 8.18. The van der Waals surface area contributed by atoms with E-state index in [4.69, 9.17) is 4.98 Å². The molecule has 1 fully saturated rings. The van der Waals surface area contributed by atoms with Gasteiger partial charge in [-0.05, 0) is 63.6 Å². The van der Waals surface area contributed by atoms with E-state index in [1.165, 1.54) is 31.2 Å². The highest BCUT2D eigenvalue weighted by Crippen LogP contribution is 2.36. The molecular formula is C31H30BrF3N8O4. The SMILES string of the molecule is Cc1cc(C)n(-c2nc3c(c(=O)n2-c2ccc(N4CCN(C(=O)O)CC4)nc2)C[C@@H](C)N(C(=O)c2ccc(Br)c(C(F)(F)F)c2)C3)n1. The molecule has 0 aliphatic carbocycles. The quantitative estimate of drug-likeness (QED) is 0.325. The van der Waals surface area contributed by atoms with E-state index in [1.807, 2.05) is 17.9 Å². The first-order valence-electron chi connectivity index (χ1n) is 14.8. The van der Waals surface area contributed by atoms with E-state index in [0.717, 1.165) is 6.07 Å². The van der Waals surface area contributed by atoms with Gasteiger partial charge in [0.2, 0.25) is 5.95 Å².